The Morgan fingerprint density at radius 1 is 1.25 bits per heavy atom. The Labute approximate surface area is 120 Å². The largest absolute Gasteiger partial charge is 0.390 e. The first-order chi connectivity index (χ1) is 9.67. The van der Waals surface area contributed by atoms with Crippen LogP contribution in [0.25, 0.3) is 0 Å². The molecule has 1 saturated heterocycles. The number of hydrogen-bond donors (Lipinski definition) is 1. The maximum Gasteiger partial charge on any atom is 0.176 e. The van der Waals surface area contributed by atoms with Gasteiger partial charge in [0, 0.05) is 24.6 Å². The SMILES string of the molecule is O=C(CN1CCC2(O)CCCCC2C1)c1ccccc1. The number of carbonyl (C=O) groups is 1. The molecule has 2 atom stereocenters. The van der Waals surface area contributed by atoms with E-state index in [1.165, 1.54) is 6.42 Å². The number of Topliss-reactive ketones (excluding diaryl/α,β-unsaturated/α-hetero) is 1. The fourth-order valence-electron chi connectivity index (χ4n) is 3.70. The third kappa shape index (κ3) is 2.79. The van der Waals surface area contributed by atoms with E-state index in [1.54, 1.807) is 0 Å². The zero-order valence-electron chi connectivity index (χ0n) is 11.9. The van der Waals surface area contributed by atoms with Crippen molar-refractivity contribution >= 4 is 5.78 Å². The van der Waals surface area contributed by atoms with Crippen LogP contribution >= 0.6 is 0 Å². The highest BCUT2D eigenvalue weighted by molar-refractivity contribution is 5.97. The van der Waals surface area contributed by atoms with E-state index >= 15 is 0 Å². The third-order valence-corrected chi connectivity index (χ3v) is 4.97. The van der Waals surface area contributed by atoms with Gasteiger partial charge in [0.05, 0.1) is 12.1 Å². The maximum atomic E-state index is 12.2. The van der Waals surface area contributed by atoms with Crippen LogP contribution in [0.15, 0.2) is 30.3 Å². The first kappa shape index (κ1) is 13.8. The van der Waals surface area contributed by atoms with Gasteiger partial charge in [0.25, 0.3) is 0 Å². The summed E-state index contributed by atoms with van der Waals surface area (Å²) in [5, 5.41) is 10.6. The van der Waals surface area contributed by atoms with Crippen molar-refractivity contribution in [2.45, 2.75) is 37.7 Å². The third-order valence-electron chi connectivity index (χ3n) is 4.97. The number of aliphatic hydroxyl groups is 1. The highest BCUT2D eigenvalue weighted by Gasteiger charge is 2.42. The Morgan fingerprint density at radius 2 is 2.05 bits per heavy atom. The van der Waals surface area contributed by atoms with Crippen LogP contribution in [0.4, 0.5) is 0 Å². The lowest BCUT2D eigenvalue weighted by Crippen LogP contribution is -2.54. The maximum absolute atomic E-state index is 12.2. The van der Waals surface area contributed by atoms with Gasteiger partial charge in [-0.3, -0.25) is 9.69 Å². The average Bonchev–Trinajstić information content (AvgIpc) is 2.48. The van der Waals surface area contributed by atoms with E-state index in [1.807, 2.05) is 30.3 Å². The highest BCUT2D eigenvalue weighted by atomic mass is 16.3. The minimum atomic E-state index is -0.454. The van der Waals surface area contributed by atoms with Crippen LogP contribution in [0.2, 0.25) is 0 Å². The van der Waals surface area contributed by atoms with Gasteiger partial charge in [-0.1, -0.05) is 43.2 Å². The number of nitrogens with zero attached hydrogens (tertiary/aromatic N) is 1. The Bertz CT molecular complexity index is 473. The summed E-state index contributed by atoms with van der Waals surface area (Å²) in [5.41, 5.74) is 0.335. The summed E-state index contributed by atoms with van der Waals surface area (Å²) in [6.45, 7) is 2.19. The zero-order chi connectivity index (χ0) is 14.0. The van der Waals surface area contributed by atoms with Crippen molar-refractivity contribution in [3.63, 3.8) is 0 Å². The van der Waals surface area contributed by atoms with E-state index in [2.05, 4.69) is 4.90 Å². The van der Waals surface area contributed by atoms with Gasteiger partial charge >= 0.3 is 0 Å². The molecule has 1 heterocycles. The van der Waals surface area contributed by atoms with Crippen molar-refractivity contribution in [3.05, 3.63) is 35.9 Å². The lowest BCUT2D eigenvalue weighted by molar-refractivity contribution is -0.0936. The van der Waals surface area contributed by atoms with E-state index in [9.17, 15) is 9.90 Å². The quantitative estimate of drug-likeness (QED) is 0.860. The second-order valence-electron chi connectivity index (χ2n) is 6.32. The van der Waals surface area contributed by atoms with Gasteiger partial charge in [-0.05, 0) is 19.3 Å². The van der Waals surface area contributed by atoms with Gasteiger partial charge in [0.15, 0.2) is 5.78 Å². The number of rotatable bonds is 3. The molecule has 108 valence electrons. The first-order valence-corrected chi connectivity index (χ1v) is 7.70. The van der Waals surface area contributed by atoms with E-state index in [0.717, 1.165) is 44.3 Å². The molecule has 1 aliphatic heterocycles. The van der Waals surface area contributed by atoms with Gasteiger partial charge in [-0.25, -0.2) is 0 Å². The Morgan fingerprint density at radius 3 is 2.85 bits per heavy atom. The molecule has 1 N–H and O–H groups in total. The molecule has 3 nitrogen and oxygen atoms in total. The van der Waals surface area contributed by atoms with Crippen LogP contribution in [0.1, 0.15) is 42.5 Å². The van der Waals surface area contributed by atoms with Crippen LogP contribution in [0.3, 0.4) is 0 Å². The molecule has 0 aromatic heterocycles. The van der Waals surface area contributed by atoms with Crippen LogP contribution in [-0.2, 0) is 0 Å². The summed E-state index contributed by atoms with van der Waals surface area (Å²) in [4.78, 5) is 14.5. The number of carbonyl (C=O) groups excluding carboxylic acids is 1. The molecule has 2 unspecified atom stereocenters. The molecule has 3 heteroatoms. The van der Waals surface area contributed by atoms with E-state index < -0.39 is 5.60 Å². The lowest BCUT2D eigenvalue weighted by Gasteiger charge is -2.47. The summed E-state index contributed by atoms with van der Waals surface area (Å²) in [6.07, 6.45) is 5.23. The highest BCUT2D eigenvalue weighted by Crippen LogP contribution is 2.39. The van der Waals surface area contributed by atoms with Crippen molar-refractivity contribution in [3.8, 4) is 0 Å². The van der Waals surface area contributed by atoms with Crippen LogP contribution in [0.5, 0.6) is 0 Å². The first-order valence-electron chi connectivity index (χ1n) is 7.70. The molecule has 2 fully saturated rings. The number of piperidine rings is 1. The standard InChI is InChI=1S/C17H23NO2/c19-16(14-6-2-1-3-7-14)13-18-11-10-17(20)9-5-4-8-15(17)12-18/h1-3,6-7,15,20H,4-5,8-13H2. The molecule has 20 heavy (non-hydrogen) atoms. The number of benzene rings is 1. The smallest absolute Gasteiger partial charge is 0.176 e. The molecule has 0 amide bonds. The van der Waals surface area contributed by atoms with E-state index in [4.69, 9.17) is 0 Å². The molecule has 3 rings (SSSR count). The van der Waals surface area contributed by atoms with Crippen LogP contribution in [-0.4, -0.2) is 41.0 Å². The second kappa shape index (κ2) is 5.66. The minimum Gasteiger partial charge on any atom is -0.390 e. The van der Waals surface area contributed by atoms with Gasteiger partial charge in [0.1, 0.15) is 0 Å². The van der Waals surface area contributed by atoms with Crippen LogP contribution < -0.4 is 0 Å². The van der Waals surface area contributed by atoms with Crippen LogP contribution in [0, 0.1) is 5.92 Å². The summed E-state index contributed by atoms with van der Waals surface area (Å²) < 4.78 is 0. The average molecular weight is 273 g/mol. The molecule has 1 aromatic carbocycles. The van der Waals surface area contributed by atoms with E-state index in [0.29, 0.717) is 12.5 Å². The number of likely N-dealkylation sites (tertiary alicyclic amines) is 1. The monoisotopic (exact) mass is 273 g/mol. The summed E-state index contributed by atoms with van der Waals surface area (Å²) in [7, 11) is 0. The fourth-order valence-corrected chi connectivity index (χ4v) is 3.70. The predicted molar refractivity (Wildman–Crippen MR) is 78.7 cm³/mol. The molecule has 0 bridgehead atoms. The zero-order valence-corrected chi connectivity index (χ0v) is 11.9. The van der Waals surface area contributed by atoms with Gasteiger partial charge in [-0.2, -0.15) is 0 Å². The van der Waals surface area contributed by atoms with Crippen molar-refractivity contribution in [2.75, 3.05) is 19.6 Å². The normalized spacial score (nSPS) is 30.8. The molecule has 0 radical (unpaired) electrons. The molecule has 0 spiro atoms. The Kier molecular flexibility index (Phi) is 3.90. The molecule has 2 aliphatic rings. The van der Waals surface area contributed by atoms with Gasteiger partial charge in [0.2, 0.25) is 0 Å². The summed E-state index contributed by atoms with van der Waals surface area (Å²) in [6, 6.07) is 9.50. The Hall–Kier alpha value is -1.19. The lowest BCUT2D eigenvalue weighted by atomic mass is 9.71. The predicted octanol–water partition coefficient (Wildman–Crippen LogP) is 2.50. The Balaban J connectivity index is 1.61. The number of fused-ring (bicyclic) bond motifs is 1. The molecule has 1 saturated carbocycles. The van der Waals surface area contributed by atoms with Crippen molar-refractivity contribution in [1.29, 1.82) is 0 Å². The fraction of sp³-hybridized carbons (Fsp3) is 0.588. The minimum absolute atomic E-state index is 0.187. The summed E-state index contributed by atoms with van der Waals surface area (Å²) >= 11 is 0. The molecular formula is C17H23NO2. The number of hydrogen-bond acceptors (Lipinski definition) is 3. The number of ketones is 1. The van der Waals surface area contributed by atoms with Crippen molar-refractivity contribution < 1.29 is 9.90 Å². The van der Waals surface area contributed by atoms with Crippen molar-refractivity contribution in [2.24, 2.45) is 5.92 Å². The van der Waals surface area contributed by atoms with Crippen molar-refractivity contribution in [1.82, 2.24) is 4.90 Å². The summed E-state index contributed by atoms with van der Waals surface area (Å²) in [5.74, 6) is 0.542. The molecule has 1 aromatic rings. The second-order valence-corrected chi connectivity index (χ2v) is 6.32. The van der Waals surface area contributed by atoms with Gasteiger partial charge < -0.3 is 5.11 Å². The van der Waals surface area contributed by atoms with Gasteiger partial charge in [-0.15, -0.1) is 0 Å². The molecule has 1 aliphatic carbocycles. The topological polar surface area (TPSA) is 40.5 Å². The van der Waals surface area contributed by atoms with E-state index in [-0.39, 0.29) is 5.78 Å². The molecular weight excluding hydrogens is 250 g/mol.